The molecule has 1 aromatic carbocycles. The average Bonchev–Trinajstić information content (AvgIpc) is 2.93. The Balaban J connectivity index is 2.23. The maximum atomic E-state index is 12.1. The van der Waals surface area contributed by atoms with E-state index >= 15 is 0 Å². The van der Waals surface area contributed by atoms with Gasteiger partial charge >= 0.3 is 0 Å². The van der Waals surface area contributed by atoms with Crippen molar-refractivity contribution in [2.45, 2.75) is 13.8 Å². The van der Waals surface area contributed by atoms with Crippen molar-refractivity contribution in [1.82, 2.24) is 0 Å². The number of nitrogens with one attached hydrogen (secondary N) is 1. The second-order valence-corrected chi connectivity index (χ2v) is 5.44. The third-order valence-corrected chi connectivity index (χ3v) is 3.66. The molecule has 4 heteroatoms. The molecule has 2 rings (SSSR count). The molecule has 0 saturated carbocycles. The van der Waals surface area contributed by atoms with Crippen molar-refractivity contribution in [3.8, 4) is 6.07 Å². The van der Waals surface area contributed by atoms with Crippen LogP contribution < -0.4 is 5.32 Å². The third-order valence-electron chi connectivity index (χ3n) is 2.84. The van der Waals surface area contributed by atoms with Crippen LogP contribution in [-0.4, -0.2) is 5.91 Å². The zero-order valence-corrected chi connectivity index (χ0v) is 12.1. The molecule has 3 nitrogen and oxygen atoms in total. The summed E-state index contributed by atoms with van der Waals surface area (Å²) < 4.78 is 0. The Bertz CT molecular complexity index is 694. The first-order chi connectivity index (χ1) is 9.60. The molecule has 0 fully saturated rings. The van der Waals surface area contributed by atoms with Crippen LogP contribution in [0.4, 0.5) is 5.69 Å². The molecule has 1 heterocycles. The number of hydrogen-bond donors (Lipinski definition) is 1. The number of nitrogens with zero attached hydrogens (tertiary/aromatic N) is 1. The molecule has 0 radical (unpaired) electrons. The van der Waals surface area contributed by atoms with Crippen molar-refractivity contribution < 1.29 is 4.79 Å². The first-order valence-electron chi connectivity index (χ1n) is 6.14. The number of aryl methyl sites for hydroxylation is 2. The fourth-order valence-corrected chi connectivity index (χ4v) is 2.38. The number of anilines is 1. The van der Waals surface area contributed by atoms with Gasteiger partial charge < -0.3 is 5.32 Å². The lowest BCUT2D eigenvalue weighted by molar-refractivity contribution is -0.112. The molecule has 100 valence electrons. The Hall–Kier alpha value is -2.38. The Morgan fingerprint density at radius 3 is 2.80 bits per heavy atom. The van der Waals surface area contributed by atoms with Gasteiger partial charge in [-0.15, -0.1) is 11.3 Å². The van der Waals surface area contributed by atoms with E-state index in [0.717, 1.165) is 21.7 Å². The molecule has 0 atom stereocenters. The largest absolute Gasteiger partial charge is 0.321 e. The second-order valence-electron chi connectivity index (χ2n) is 4.46. The molecule has 1 amide bonds. The molecule has 0 aliphatic heterocycles. The van der Waals surface area contributed by atoms with E-state index in [1.54, 1.807) is 6.08 Å². The van der Waals surface area contributed by atoms with Gasteiger partial charge in [-0.1, -0.05) is 18.2 Å². The van der Waals surface area contributed by atoms with E-state index < -0.39 is 0 Å². The first-order valence-corrected chi connectivity index (χ1v) is 7.02. The van der Waals surface area contributed by atoms with Gasteiger partial charge in [0.2, 0.25) is 0 Å². The van der Waals surface area contributed by atoms with Gasteiger partial charge in [0, 0.05) is 10.6 Å². The Morgan fingerprint density at radius 1 is 1.35 bits per heavy atom. The summed E-state index contributed by atoms with van der Waals surface area (Å²) in [4.78, 5) is 13.0. The number of hydrogen-bond acceptors (Lipinski definition) is 3. The van der Waals surface area contributed by atoms with E-state index in [1.807, 2.05) is 55.6 Å². The molecule has 0 spiro atoms. The predicted octanol–water partition coefficient (Wildman–Crippen LogP) is 3.91. The minimum atomic E-state index is -0.380. The van der Waals surface area contributed by atoms with Gasteiger partial charge in [-0.3, -0.25) is 4.79 Å². The molecule has 1 aromatic heterocycles. The standard InChI is InChI=1S/C16H14N2OS/c1-11-5-6-12(2)15(8-11)18-16(19)13(10-17)9-14-4-3-7-20-14/h3-9H,1-2H3,(H,18,19)/b13-9+. The maximum Gasteiger partial charge on any atom is 0.266 e. The van der Waals surface area contributed by atoms with Crippen molar-refractivity contribution in [1.29, 1.82) is 5.26 Å². The van der Waals surface area contributed by atoms with Crippen LogP contribution in [0.2, 0.25) is 0 Å². The summed E-state index contributed by atoms with van der Waals surface area (Å²) in [7, 11) is 0. The number of benzene rings is 1. The first kappa shape index (κ1) is 14.0. The molecule has 1 N–H and O–H groups in total. The summed E-state index contributed by atoms with van der Waals surface area (Å²) in [5.41, 5.74) is 2.87. The molecular formula is C16H14N2OS. The van der Waals surface area contributed by atoms with Gasteiger partial charge in [-0.2, -0.15) is 5.26 Å². The number of carbonyl (C=O) groups is 1. The SMILES string of the molecule is Cc1ccc(C)c(NC(=O)/C(C#N)=C/c2cccs2)c1. The van der Waals surface area contributed by atoms with Crippen LogP contribution in [0.15, 0.2) is 41.3 Å². The second kappa shape index (κ2) is 6.18. The zero-order valence-electron chi connectivity index (χ0n) is 11.3. The van der Waals surface area contributed by atoms with E-state index in [1.165, 1.54) is 11.3 Å². The van der Waals surface area contributed by atoms with Crippen LogP contribution in [0.3, 0.4) is 0 Å². The Labute approximate surface area is 122 Å². The van der Waals surface area contributed by atoms with Gasteiger partial charge in [0.25, 0.3) is 5.91 Å². The van der Waals surface area contributed by atoms with E-state index in [4.69, 9.17) is 5.26 Å². The van der Waals surface area contributed by atoms with Gasteiger partial charge in [-0.05, 0) is 48.6 Å². The van der Waals surface area contributed by atoms with E-state index in [0.29, 0.717) is 0 Å². The smallest absolute Gasteiger partial charge is 0.266 e. The highest BCUT2D eigenvalue weighted by molar-refractivity contribution is 7.10. The molecular weight excluding hydrogens is 268 g/mol. The summed E-state index contributed by atoms with van der Waals surface area (Å²) in [6.07, 6.45) is 1.60. The minimum absolute atomic E-state index is 0.105. The number of nitriles is 1. The fraction of sp³-hybridized carbons (Fsp3) is 0.125. The van der Waals surface area contributed by atoms with Crippen molar-refractivity contribution in [2.75, 3.05) is 5.32 Å². The molecule has 0 aliphatic carbocycles. The number of rotatable bonds is 3. The van der Waals surface area contributed by atoms with Gasteiger partial charge in [-0.25, -0.2) is 0 Å². The lowest BCUT2D eigenvalue weighted by Crippen LogP contribution is -2.14. The maximum absolute atomic E-state index is 12.1. The van der Waals surface area contributed by atoms with Gasteiger partial charge in [0.05, 0.1) is 0 Å². The monoisotopic (exact) mass is 282 g/mol. The molecule has 20 heavy (non-hydrogen) atoms. The molecule has 2 aromatic rings. The summed E-state index contributed by atoms with van der Waals surface area (Å²) in [5.74, 6) is -0.380. The van der Waals surface area contributed by atoms with Crippen LogP contribution in [0.1, 0.15) is 16.0 Å². The van der Waals surface area contributed by atoms with Crippen LogP contribution in [-0.2, 0) is 4.79 Å². The van der Waals surface area contributed by atoms with E-state index in [9.17, 15) is 4.79 Å². The van der Waals surface area contributed by atoms with Crippen LogP contribution in [0.5, 0.6) is 0 Å². The average molecular weight is 282 g/mol. The summed E-state index contributed by atoms with van der Waals surface area (Å²) >= 11 is 1.49. The molecule has 0 unspecified atom stereocenters. The molecule has 0 bridgehead atoms. The van der Waals surface area contributed by atoms with Crippen molar-refractivity contribution in [3.63, 3.8) is 0 Å². The van der Waals surface area contributed by atoms with Gasteiger partial charge in [0.15, 0.2) is 0 Å². The predicted molar refractivity (Wildman–Crippen MR) is 82.5 cm³/mol. The van der Waals surface area contributed by atoms with Crippen LogP contribution >= 0.6 is 11.3 Å². The van der Waals surface area contributed by atoms with Gasteiger partial charge in [0.1, 0.15) is 11.6 Å². The highest BCUT2D eigenvalue weighted by Crippen LogP contribution is 2.18. The summed E-state index contributed by atoms with van der Waals surface area (Å²) in [6, 6.07) is 11.5. The van der Waals surface area contributed by atoms with Crippen molar-refractivity contribution >= 4 is 29.0 Å². The molecule has 0 aliphatic rings. The Morgan fingerprint density at radius 2 is 2.15 bits per heavy atom. The van der Waals surface area contributed by atoms with Crippen LogP contribution in [0.25, 0.3) is 6.08 Å². The summed E-state index contributed by atoms with van der Waals surface area (Å²) in [5, 5.41) is 13.8. The topological polar surface area (TPSA) is 52.9 Å². The van der Waals surface area contributed by atoms with Crippen LogP contribution in [0, 0.1) is 25.2 Å². The lowest BCUT2D eigenvalue weighted by atomic mass is 10.1. The highest BCUT2D eigenvalue weighted by Gasteiger charge is 2.11. The van der Waals surface area contributed by atoms with E-state index in [-0.39, 0.29) is 11.5 Å². The number of carbonyl (C=O) groups excluding carboxylic acids is 1. The number of thiophene rings is 1. The van der Waals surface area contributed by atoms with Crippen molar-refractivity contribution in [2.24, 2.45) is 0 Å². The highest BCUT2D eigenvalue weighted by atomic mass is 32.1. The zero-order chi connectivity index (χ0) is 14.5. The lowest BCUT2D eigenvalue weighted by Gasteiger charge is -2.08. The van der Waals surface area contributed by atoms with Crippen molar-refractivity contribution in [3.05, 3.63) is 57.3 Å². The number of amides is 1. The Kier molecular flexibility index (Phi) is 4.34. The minimum Gasteiger partial charge on any atom is -0.321 e. The fourth-order valence-electron chi connectivity index (χ4n) is 1.72. The molecule has 0 saturated heterocycles. The van der Waals surface area contributed by atoms with E-state index in [2.05, 4.69) is 5.32 Å². The summed E-state index contributed by atoms with van der Waals surface area (Å²) in [6.45, 7) is 3.88. The third kappa shape index (κ3) is 3.34. The normalized spacial score (nSPS) is 10.9. The quantitative estimate of drug-likeness (QED) is 0.685.